The first-order valence-electron chi connectivity index (χ1n) is 6.01. The molecule has 0 saturated carbocycles. The van der Waals surface area contributed by atoms with Gasteiger partial charge in [0, 0.05) is 32.1 Å². The van der Waals surface area contributed by atoms with E-state index in [4.69, 9.17) is 9.47 Å². The number of aliphatic hydroxyl groups is 1. The van der Waals surface area contributed by atoms with Gasteiger partial charge in [-0.05, 0) is 26.0 Å². The largest absolute Gasteiger partial charge is 0.487 e. The molecule has 0 radical (unpaired) electrons. The highest BCUT2D eigenvalue weighted by atomic mass is 16.5. The third kappa shape index (κ3) is 2.61. The Labute approximate surface area is 102 Å². The van der Waals surface area contributed by atoms with Crippen molar-refractivity contribution in [2.45, 2.75) is 38.4 Å². The quantitative estimate of drug-likeness (QED) is 0.876. The molecule has 1 aromatic rings. The van der Waals surface area contributed by atoms with E-state index in [1.54, 1.807) is 7.11 Å². The number of hydrogen-bond acceptors (Lipinski definition) is 3. The van der Waals surface area contributed by atoms with Crippen LogP contribution in [0.2, 0.25) is 0 Å². The highest BCUT2D eigenvalue weighted by Gasteiger charge is 2.36. The average molecular weight is 236 g/mol. The lowest BCUT2D eigenvalue weighted by Gasteiger charge is -2.38. The summed E-state index contributed by atoms with van der Waals surface area (Å²) in [7, 11) is 1.68. The molecular weight excluding hydrogens is 216 g/mol. The molecule has 0 aromatic heterocycles. The summed E-state index contributed by atoms with van der Waals surface area (Å²) in [6.07, 6.45) is 0.959. The van der Waals surface area contributed by atoms with E-state index in [0.717, 1.165) is 23.3 Å². The van der Waals surface area contributed by atoms with Crippen LogP contribution in [0, 0.1) is 6.92 Å². The number of methoxy groups -OCH3 is 1. The molecule has 1 aromatic carbocycles. The normalized spacial score (nSPS) is 27.4. The fourth-order valence-corrected chi connectivity index (χ4v) is 2.32. The smallest absolute Gasteiger partial charge is 0.125 e. The van der Waals surface area contributed by atoms with E-state index in [0.29, 0.717) is 13.0 Å². The van der Waals surface area contributed by atoms with Gasteiger partial charge in [-0.15, -0.1) is 0 Å². The second-order valence-corrected chi connectivity index (χ2v) is 5.06. The Kier molecular flexibility index (Phi) is 3.40. The van der Waals surface area contributed by atoms with Crippen LogP contribution >= 0.6 is 0 Å². The Hall–Kier alpha value is -1.06. The zero-order valence-electron chi connectivity index (χ0n) is 10.7. The molecule has 1 heterocycles. The van der Waals surface area contributed by atoms with Gasteiger partial charge in [0.05, 0.1) is 6.10 Å². The van der Waals surface area contributed by atoms with Gasteiger partial charge in [0.15, 0.2) is 0 Å². The van der Waals surface area contributed by atoms with E-state index in [9.17, 15) is 5.11 Å². The molecule has 0 saturated heterocycles. The standard InChI is InChI=1S/C14H20O3/c1-10-4-5-13-11(8-10)12(15)9-14(2,17-13)6-7-16-3/h4-5,8,12,15H,6-7,9H2,1-3H3/t12-,14?/m1/s1. The molecule has 1 N–H and O–H groups in total. The molecule has 0 amide bonds. The van der Waals surface area contributed by atoms with Gasteiger partial charge >= 0.3 is 0 Å². The lowest BCUT2D eigenvalue weighted by Crippen LogP contribution is -2.39. The zero-order chi connectivity index (χ0) is 12.5. The summed E-state index contributed by atoms with van der Waals surface area (Å²) >= 11 is 0. The van der Waals surface area contributed by atoms with Crippen molar-refractivity contribution in [1.82, 2.24) is 0 Å². The molecule has 0 aliphatic carbocycles. The minimum Gasteiger partial charge on any atom is -0.487 e. The number of aliphatic hydroxyl groups excluding tert-OH is 1. The molecule has 1 aliphatic rings. The number of aryl methyl sites for hydroxylation is 1. The van der Waals surface area contributed by atoms with Crippen molar-refractivity contribution in [3.63, 3.8) is 0 Å². The molecule has 0 bridgehead atoms. The van der Waals surface area contributed by atoms with Gasteiger partial charge < -0.3 is 14.6 Å². The van der Waals surface area contributed by atoms with Crippen LogP contribution in [0.1, 0.15) is 37.0 Å². The summed E-state index contributed by atoms with van der Waals surface area (Å²) in [5, 5.41) is 10.2. The van der Waals surface area contributed by atoms with Crippen LogP contribution in [-0.4, -0.2) is 24.4 Å². The third-order valence-electron chi connectivity index (χ3n) is 3.34. The molecule has 2 atom stereocenters. The van der Waals surface area contributed by atoms with Crippen LogP contribution in [0.25, 0.3) is 0 Å². The first kappa shape index (κ1) is 12.4. The second-order valence-electron chi connectivity index (χ2n) is 5.06. The number of rotatable bonds is 3. The van der Waals surface area contributed by atoms with Crippen LogP contribution in [0.3, 0.4) is 0 Å². The van der Waals surface area contributed by atoms with E-state index < -0.39 is 6.10 Å². The summed E-state index contributed by atoms with van der Waals surface area (Å²) in [5.74, 6) is 0.799. The van der Waals surface area contributed by atoms with Gasteiger partial charge in [0.1, 0.15) is 11.4 Å². The van der Waals surface area contributed by atoms with Crippen molar-refractivity contribution in [2.75, 3.05) is 13.7 Å². The van der Waals surface area contributed by atoms with Gasteiger partial charge in [-0.2, -0.15) is 0 Å². The molecular formula is C14H20O3. The van der Waals surface area contributed by atoms with E-state index >= 15 is 0 Å². The maximum atomic E-state index is 10.2. The first-order valence-corrected chi connectivity index (χ1v) is 6.01. The minimum atomic E-state index is -0.444. The van der Waals surface area contributed by atoms with Gasteiger partial charge in [0.25, 0.3) is 0 Å². The Balaban J connectivity index is 2.23. The fraction of sp³-hybridized carbons (Fsp3) is 0.571. The minimum absolute atomic E-state index is 0.336. The van der Waals surface area contributed by atoms with Crippen LogP contribution in [-0.2, 0) is 4.74 Å². The number of hydrogen-bond donors (Lipinski definition) is 1. The first-order chi connectivity index (χ1) is 8.04. The molecule has 0 spiro atoms. The van der Waals surface area contributed by atoms with E-state index in [2.05, 4.69) is 0 Å². The van der Waals surface area contributed by atoms with E-state index in [1.165, 1.54) is 0 Å². The summed E-state index contributed by atoms with van der Waals surface area (Å²) in [6.45, 7) is 4.69. The third-order valence-corrected chi connectivity index (χ3v) is 3.34. The van der Waals surface area contributed by atoms with Crippen LogP contribution in [0.4, 0.5) is 0 Å². The maximum Gasteiger partial charge on any atom is 0.125 e. The van der Waals surface area contributed by atoms with Gasteiger partial charge in [-0.3, -0.25) is 0 Å². The Morgan fingerprint density at radius 2 is 2.29 bits per heavy atom. The van der Waals surface area contributed by atoms with Crippen molar-refractivity contribution in [3.05, 3.63) is 29.3 Å². The molecule has 17 heavy (non-hydrogen) atoms. The van der Waals surface area contributed by atoms with E-state index in [-0.39, 0.29) is 5.60 Å². The molecule has 0 fully saturated rings. The molecule has 1 aliphatic heterocycles. The van der Waals surface area contributed by atoms with Crippen molar-refractivity contribution in [2.24, 2.45) is 0 Å². The van der Waals surface area contributed by atoms with Crippen molar-refractivity contribution < 1.29 is 14.6 Å². The molecule has 3 nitrogen and oxygen atoms in total. The molecule has 2 rings (SSSR count). The van der Waals surface area contributed by atoms with Crippen molar-refractivity contribution in [3.8, 4) is 5.75 Å². The molecule has 94 valence electrons. The highest BCUT2D eigenvalue weighted by Crippen LogP contribution is 2.41. The van der Waals surface area contributed by atoms with Gasteiger partial charge in [0.2, 0.25) is 0 Å². The monoisotopic (exact) mass is 236 g/mol. The summed E-state index contributed by atoms with van der Waals surface area (Å²) in [4.78, 5) is 0. The highest BCUT2D eigenvalue weighted by molar-refractivity contribution is 5.40. The second kappa shape index (κ2) is 4.67. The number of fused-ring (bicyclic) bond motifs is 1. The Morgan fingerprint density at radius 1 is 1.53 bits per heavy atom. The predicted octanol–water partition coefficient (Wildman–Crippen LogP) is 2.61. The fourth-order valence-electron chi connectivity index (χ4n) is 2.32. The molecule has 3 heteroatoms. The Bertz CT molecular complexity index is 402. The SMILES string of the molecule is COCCC1(C)C[C@@H](O)c2cc(C)ccc2O1. The van der Waals surface area contributed by atoms with Crippen LogP contribution in [0.5, 0.6) is 5.75 Å². The van der Waals surface area contributed by atoms with Gasteiger partial charge in [-0.25, -0.2) is 0 Å². The van der Waals surface area contributed by atoms with Gasteiger partial charge in [-0.1, -0.05) is 11.6 Å². The summed E-state index contributed by atoms with van der Waals surface area (Å²) in [5.41, 5.74) is 1.71. The summed E-state index contributed by atoms with van der Waals surface area (Å²) in [6, 6.07) is 5.95. The lowest BCUT2D eigenvalue weighted by atomic mass is 9.87. The number of ether oxygens (including phenoxy) is 2. The average Bonchev–Trinajstić information content (AvgIpc) is 2.28. The summed E-state index contributed by atoms with van der Waals surface area (Å²) < 4.78 is 11.1. The van der Waals surface area contributed by atoms with E-state index in [1.807, 2.05) is 32.0 Å². The van der Waals surface area contributed by atoms with Crippen LogP contribution in [0.15, 0.2) is 18.2 Å². The Morgan fingerprint density at radius 3 is 3.00 bits per heavy atom. The predicted molar refractivity (Wildman–Crippen MR) is 66.3 cm³/mol. The zero-order valence-corrected chi connectivity index (χ0v) is 10.7. The maximum absolute atomic E-state index is 10.2. The topological polar surface area (TPSA) is 38.7 Å². The van der Waals surface area contributed by atoms with Crippen molar-refractivity contribution in [1.29, 1.82) is 0 Å². The van der Waals surface area contributed by atoms with Crippen LogP contribution < -0.4 is 4.74 Å². The molecule has 1 unspecified atom stereocenters. The van der Waals surface area contributed by atoms with Crippen molar-refractivity contribution >= 4 is 0 Å². The lowest BCUT2D eigenvalue weighted by molar-refractivity contribution is -0.0202. The number of benzene rings is 1.